The predicted molar refractivity (Wildman–Crippen MR) is 167 cm³/mol. The predicted octanol–water partition coefficient (Wildman–Crippen LogP) is 9.21. The summed E-state index contributed by atoms with van der Waals surface area (Å²) in [5.41, 5.74) is 8.57. The lowest BCUT2D eigenvalue weighted by Crippen LogP contribution is -1.90. The number of rotatable bonds is 6. The van der Waals surface area contributed by atoms with Gasteiger partial charge in [-0.25, -0.2) is 0 Å². The Balaban J connectivity index is 0.000000220. The van der Waals surface area contributed by atoms with Crippen LogP contribution in [-0.4, -0.2) is 20.4 Å². The maximum atomic E-state index is 9.39. The molecule has 0 bridgehead atoms. The smallest absolute Gasteiger partial charge is 0.115 e. The van der Waals surface area contributed by atoms with E-state index in [0.717, 1.165) is 44.5 Å². The molecule has 0 spiro atoms. The summed E-state index contributed by atoms with van der Waals surface area (Å²) in [4.78, 5) is 0. The summed E-state index contributed by atoms with van der Waals surface area (Å²) in [6.45, 7) is 7.97. The molecule has 4 aromatic rings. The van der Waals surface area contributed by atoms with Crippen LogP contribution in [0.25, 0.3) is 22.3 Å². The molecule has 0 unspecified atom stereocenters. The molecular formula is C36H36O4. The largest absolute Gasteiger partial charge is 0.508 e. The molecule has 0 heterocycles. The van der Waals surface area contributed by atoms with Crippen LogP contribution in [-0.2, 0) is 0 Å². The minimum atomic E-state index is 0.260. The minimum Gasteiger partial charge on any atom is -0.508 e. The first-order chi connectivity index (χ1) is 19.3. The second kappa shape index (κ2) is 14.3. The second-order valence-electron chi connectivity index (χ2n) is 9.00. The fourth-order valence-electron chi connectivity index (χ4n) is 4.47. The van der Waals surface area contributed by atoms with Gasteiger partial charge in [0.25, 0.3) is 0 Å². The number of allylic oxidation sites excluding steroid dienone is 8. The van der Waals surface area contributed by atoms with Crippen LogP contribution in [0, 0.1) is 0 Å². The number of phenols is 4. The topological polar surface area (TPSA) is 80.9 Å². The number of phenolic OH excluding ortho intramolecular Hbond substituents is 4. The highest BCUT2D eigenvalue weighted by molar-refractivity contribution is 6.05. The van der Waals surface area contributed by atoms with Gasteiger partial charge in [-0.1, -0.05) is 72.8 Å². The first-order valence-electron chi connectivity index (χ1n) is 13.1. The van der Waals surface area contributed by atoms with Gasteiger partial charge in [-0.15, -0.1) is 0 Å². The molecule has 0 saturated carbocycles. The molecule has 4 rings (SSSR count). The Kier molecular flexibility index (Phi) is 10.6. The van der Waals surface area contributed by atoms with Gasteiger partial charge in [0.1, 0.15) is 23.0 Å². The number of aromatic hydroxyl groups is 4. The lowest BCUT2D eigenvalue weighted by molar-refractivity contribution is 0.474. The lowest BCUT2D eigenvalue weighted by atomic mass is 9.92. The van der Waals surface area contributed by atoms with E-state index in [1.807, 2.05) is 76.2 Å². The second-order valence-corrected chi connectivity index (χ2v) is 9.00. The third-order valence-electron chi connectivity index (χ3n) is 6.45. The zero-order valence-electron chi connectivity index (χ0n) is 23.3. The van der Waals surface area contributed by atoms with E-state index < -0.39 is 0 Å². The molecular weight excluding hydrogens is 496 g/mol. The van der Waals surface area contributed by atoms with Gasteiger partial charge in [-0.05, 0) is 121 Å². The number of hydrogen-bond donors (Lipinski definition) is 4. The Morgan fingerprint density at radius 2 is 0.475 bits per heavy atom. The van der Waals surface area contributed by atoms with E-state index >= 15 is 0 Å². The number of hydrogen-bond acceptors (Lipinski definition) is 4. The van der Waals surface area contributed by atoms with Crippen LogP contribution in [0.5, 0.6) is 23.0 Å². The monoisotopic (exact) mass is 532 g/mol. The Labute approximate surface area is 236 Å². The normalized spacial score (nSPS) is 12.5. The highest BCUT2D eigenvalue weighted by atomic mass is 16.3. The van der Waals surface area contributed by atoms with Gasteiger partial charge in [0.15, 0.2) is 0 Å². The van der Waals surface area contributed by atoms with Gasteiger partial charge in [0, 0.05) is 0 Å². The van der Waals surface area contributed by atoms with Crippen LogP contribution >= 0.6 is 0 Å². The van der Waals surface area contributed by atoms with Gasteiger partial charge in [0.05, 0.1) is 0 Å². The van der Waals surface area contributed by atoms with E-state index in [1.165, 1.54) is 0 Å². The van der Waals surface area contributed by atoms with E-state index in [-0.39, 0.29) is 23.0 Å². The quantitative estimate of drug-likeness (QED) is 0.187. The molecule has 204 valence electrons. The van der Waals surface area contributed by atoms with Crippen LogP contribution < -0.4 is 0 Å². The average Bonchev–Trinajstić information content (AvgIpc) is 2.97. The van der Waals surface area contributed by atoms with Crippen molar-refractivity contribution in [2.45, 2.75) is 27.7 Å². The highest BCUT2D eigenvalue weighted by Crippen LogP contribution is 2.34. The molecule has 0 fully saturated rings. The average molecular weight is 533 g/mol. The molecule has 0 amide bonds. The maximum Gasteiger partial charge on any atom is 0.115 e. The standard InChI is InChI=1S/2C18H18O2/c2*1-3-17(13-5-9-15(19)10-6-13)18(4-2)14-7-11-16(20)12-8-14/h2*3-12,19-20H,1-2H3/b2*17-3+,18-4+. The molecule has 0 aliphatic carbocycles. The minimum absolute atomic E-state index is 0.260. The van der Waals surface area contributed by atoms with Crippen molar-refractivity contribution >= 4 is 22.3 Å². The van der Waals surface area contributed by atoms with E-state index in [1.54, 1.807) is 48.5 Å². The van der Waals surface area contributed by atoms with Crippen LogP contribution in [0.3, 0.4) is 0 Å². The molecule has 40 heavy (non-hydrogen) atoms. The summed E-state index contributed by atoms with van der Waals surface area (Å²) in [7, 11) is 0. The van der Waals surface area contributed by atoms with Crippen molar-refractivity contribution in [2.75, 3.05) is 0 Å². The summed E-state index contributed by atoms with van der Waals surface area (Å²) in [5.74, 6) is 1.04. The van der Waals surface area contributed by atoms with Crippen molar-refractivity contribution in [3.05, 3.63) is 144 Å². The highest BCUT2D eigenvalue weighted by Gasteiger charge is 2.10. The van der Waals surface area contributed by atoms with Gasteiger partial charge in [0.2, 0.25) is 0 Å². The van der Waals surface area contributed by atoms with E-state index in [2.05, 4.69) is 24.3 Å². The van der Waals surface area contributed by atoms with Crippen molar-refractivity contribution in [2.24, 2.45) is 0 Å². The van der Waals surface area contributed by atoms with Crippen LogP contribution in [0.1, 0.15) is 49.9 Å². The van der Waals surface area contributed by atoms with E-state index in [0.29, 0.717) is 0 Å². The first kappa shape index (κ1) is 29.6. The van der Waals surface area contributed by atoms with Crippen molar-refractivity contribution in [1.82, 2.24) is 0 Å². The van der Waals surface area contributed by atoms with Gasteiger partial charge in [-0.2, -0.15) is 0 Å². The van der Waals surface area contributed by atoms with Crippen molar-refractivity contribution in [3.8, 4) is 23.0 Å². The molecule has 0 atom stereocenters. The fourth-order valence-corrected chi connectivity index (χ4v) is 4.47. The van der Waals surface area contributed by atoms with Gasteiger partial charge in [-0.3, -0.25) is 0 Å². The molecule has 0 aliphatic rings. The Morgan fingerprint density at radius 1 is 0.325 bits per heavy atom. The van der Waals surface area contributed by atoms with Gasteiger partial charge < -0.3 is 20.4 Å². The third kappa shape index (κ3) is 7.55. The Morgan fingerprint density at radius 3 is 0.600 bits per heavy atom. The van der Waals surface area contributed by atoms with Crippen LogP contribution in [0.4, 0.5) is 0 Å². The Bertz CT molecular complexity index is 1260. The summed E-state index contributed by atoms with van der Waals surface area (Å²) in [5, 5.41) is 37.6. The molecule has 4 nitrogen and oxygen atoms in total. The molecule has 0 saturated heterocycles. The molecule has 4 aromatic carbocycles. The van der Waals surface area contributed by atoms with E-state index in [4.69, 9.17) is 0 Å². The summed E-state index contributed by atoms with van der Waals surface area (Å²) >= 11 is 0. The molecule has 0 radical (unpaired) electrons. The summed E-state index contributed by atoms with van der Waals surface area (Å²) in [6, 6.07) is 28.6. The van der Waals surface area contributed by atoms with Crippen LogP contribution in [0.2, 0.25) is 0 Å². The van der Waals surface area contributed by atoms with Crippen molar-refractivity contribution in [1.29, 1.82) is 0 Å². The lowest BCUT2D eigenvalue weighted by Gasteiger charge is -2.13. The zero-order valence-corrected chi connectivity index (χ0v) is 23.3. The zero-order chi connectivity index (χ0) is 29.1. The first-order valence-corrected chi connectivity index (χ1v) is 13.1. The Hall–Kier alpha value is -4.96. The summed E-state index contributed by atoms with van der Waals surface area (Å²) < 4.78 is 0. The van der Waals surface area contributed by atoms with Gasteiger partial charge >= 0.3 is 0 Å². The van der Waals surface area contributed by atoms with Crippen molar-refractivity contribution in [3.63, 3.8) is 0 Å². The third-order valence-corrected chi connectivity index (χ3v) is 6.45. The maximum absolute atomic E-state index is 9.39. The summed E-state index contributed by atoms with van der Waals surface area (Å²) in [6.07, 6.45) is 8.20. The van der Waals surface area contributed by atoms with Crippen molar-refractivity contribution < 1.29 is 20.4 Å². The molecule has 4 N–H and O–H groups in total. The molecule has 4 heteroatoms. The molecule has 0 aliphatic heterocycles. The fraction of sp³-hybridized carbons (Fsp3) is 0.111. The van der Waals surface area contributed by atoms with E-state index in [9.17, 15) is 20.4 Å². The SMILES string of the molecule is C/C=C(/C(=C/C)c1ccc(O)cc1)c1ccc(O)cc1.C/C=C(/C(=C/C)c1ccc(O)cc1)c1ccc(O)cc1. The van der Waals surface area contributed by atoms with Crippen LogP contribution in [0.15, 0.2) is 121 Å². The number of benzene rings is 4. The molecule has 0 aromatic heterocycles.